The number of benzene rings is 1. The van der Waals surface area contributed by atoms with Crippen molar-refractivity contribution in [2.75, 3.05) is 20.2 Å². The van der Waals surface area contributed by atoms with Gasteiger partial charge in [-0.15, -0.1) is 0 Å². The second-order valence-corrected chi connectivity index (χ2v) is 6.66. The zero-order valence-corrected chi connectivity index (χ0v) is 14.4. The van der Waals surface area contributed by atoms with Crippen molar-refractivity contribution >= 4 is 0 Å². The van der Waals surface area contributed by atoms with E-state index in [9.17, 15) is 4.39 Å². The van der Waals surface area contributed by atoms with Gasteiger partial charge in [0.2, 0.25) is 0 Å². The molecule has 0 amide bonds. The number of methoxy groups -OCH3 is 1. The first-order valence-electron chi connectivity index (χ1n) is 8.56. The number of aryl methyl sites for hydroxylation is 1. The van der Waals surface area contributed by atoms with Gasteiger partial charge in [-0.3, -0.25) is 9.88 Å². The van der Waals surface area contributed by atoms with Crippen LogP contribution in [0.5, 0.6) is 0 Å². The van der Waals surface area contributed by atoms with Crippen molar-refractivity contribution in [3.8, 4) is 0 Å². The third-order valence-electron chi connectivity index (χ3n) is 4.96. The molecule has 3 rings (SSSR count). The van der Waals surface area contributed by atoms with E-state index in [0.29, 0.717) is 5.92 Å². The number of hydrogen-bond acceptors (Lipinski definition) is 3. The van der Waals surface area contributed by atoms with Gasteiger partial charge in [-0.1, -0.05) is 18.2 Å². The maximum atomic E-state index is 13.4. The van der Waals surface area contributed by atoms with Crippen LogP contribution in [0.25, 0.3) is 0 Å². The van der Waals surface area contributed by atoms with Crippen LogP contribution in [0.4, 0.5) is 4.39 Å². The summed E-state index contributed by atoms with van der Waals surface area (Å²) in [5.41, 5.74) is 3.42. The minimum Gasteiger partial charge on any atom is -0.380 e. The number of likely N-dealkylation sites (tertiary alicyclic amines) is 1. The van der Waals surface area contributed by atoms with Crippen LogP contribution in [-0.4, -0.2) is 36.2 Å². The van der Waals surface area contributed by atoms with Crippen molar-refractivity contribution in [1.29, 1.82) is 0 Å². The smallest absolute Gasteiger partial charge is 0.123 e. The van der Waals surface area contributed by atoms with E-state index in [1.165, 1.54) is 11.6 Å². The van der Waals surface area contributed by atoms with Crippen LogP contribution in [0.3, 0.4) is 0 Å². The average Bonchev–Trinajstić information content (AvgIpc) is 2.58. The first-order chi connectivity index (χ1) is 11.7. The lowest BCUT2D eigenvalue weighted by molar-refractivity contribution is -0.0139. The first-order valence-corrected chi connectivity index (χ1v) is 8.56. The molecule has 2 aromatic rings. The average molecular weight is 328 g/mol. The van der Waals surface area contributed by atoms with Crippen molar-refractivity contribution in [1.82, 2.24) is 9.88 Å². The van der Waals surface area contributed by atoms with E-state index in [-0.39, 0.29) is 11.9 Å². The molecule has 3 nitrogen and oxygen atoms in total. The molecule has 1 aromatic heterocycles. The first kappa shape index (κ1) is 17.1. The van der Waals surface area contributed by atoms with Gasteiger partial charge in [-0.25, -0.2) is 4.39 Å². The quantitative estimate of drug-likeness (QED) is 0.838. The summed E-state index contributed by atoms with van der Waals surface area (Å²) in [7, 11) is 1.78. The van der Waals surface area contributed by atoms with Gasteiger partial charge in [-0.05, 0) is 61.6 Å². The van der Waals surface area contributed by atoms with Gasteiger partial charge in [0.1, 0.15) is 5.82 Å². The zero-order valence-electron chi connectivity index (χ0n) is 14.4. The molecule has 0 bridgehead atoms. The van der Waals surface area contributed by atoms with Gasteiger partial charge in [0.05, 0.1) is 11.8 Å². The summed E-state index contributed by atoms with van der Waals surface area (Å²) < 4.78 is 19.1. The molecule has 2 atom stereocenters. The molecule has 2 heterocycles. The maximum absolute atomic E-state index is 13.4. The highest BCUT2D eigenvalue weighted by Gasteiger charge is 2.29. The van der Waals surface area contributed by atoms with Crippen molar-refractivity contribution in [2.24, 2.45) is 5.92 Å². The molecule has 0 radical (unpaired) electrons. The molecule has 4 heteroatoms. The molecule has 1 saturated heterocycles. The molecule has 1 fully saturated rings. The molecule has 0 spiro atoms. The monoisotopic (exact) mass is 328 g/mol. The normalized spacial score (nSPS) is 21.8. The van der Waals surface area contributed by atoms with E-state index < -0.39 is 0 Å². The largest absolute Gasteiger partial charge is 0.380 e. The lowest BCUT2D eigenvalue weighted by atomic mass is 9.87. The summed E-state index contributed by atoms with van der Waals surface area (Å²) in [6, 6.07) is 11.0. The molecule has 1 aliphatic heterocycles. The third kappa shape index (κ3) is 4.19. The van der Waals surface area contributed by atoms with Gasteiger partial charge in [0.25, 0.3) is 0 Å². The van der Waals surface area contributed by atoms with Crippen LogP contribution in [-0.2, 0) is 17.7 Å². The summed E-state index contributed by atoms with van der Waals surface area (Å²) in [5.74, 6) is 0.266. The Hall–Kier alpha value is -1.78. The predicted octanol–water partition coefficient (Wildman–Crippen LogP) is 3.61. The van der Waals surface area contributed by atoms with E-state index in [1.54, 1.807) is 19.2 Å². The van der Waals surface area contributed by atoms with Crippen LogP contribution < -0.4 is 0 Å². The molecule has 128 valence electrons. The molecule has 0 aliphatic carbocycles. The Morgan fingerprint density at radius 3 is 2.92 bits per heavy atom. The van der Waals surface area contributed by atoms with Gasteiger partial charge in [0.15, 0.2) is 0 Å². The van der Waals surface area contributed by atoms with Crippen LogP contribution >= 0.6 is 0 Å². The van der Waals surface area contributed by atoms with Gasteiger partial charge in [-0.2, -0.15) is 0 Å². The molecule has 0 N–H and O–H groups in total. The topological polar surface area (TPSA) is 25.4 Å². The summed E-state index contributed by atoms with van der Waals surface area (Å²) in [6.45, 7) is 4.88. The van der Waals surface area contributed by atoms with Gasteiger partial charge in [0, 0.05) is 26.4 Å². The fourth-order valence-corrected chi connectivity index (χ4v) is 3.54. The minimum absolute atomic E-state index is 0.162. The summed E-state index contributed by atoms with van der Waals surface area (Å²) >= 11 is 0. The summed E-state index contributed by atoms with van der Waals surface area (Å²) in [6.07, 6.45) is 3.95. The lowest BCUT2D eigenvalue weighted by Gasteiger charge is -2.38. The number of hydrogen-bond donors (Lipinski definition) is 0. The third-order valence-corrected chi connectivity index (χ3v) is 4.96. The SMILES string of the molecule is CO[C@H]1CN(Cc2ncccc2C)CC[C@@H]1Cc1cccc(F)c1. The highest BCUT2D eigenvalue weighted by atomic mass is 19.1. The minimum atomic E-state index is -0.162. The number of nitrogens with zero attached hydrogens (tertiary/aromatic N) is 2. The number of pyridine rings is 1. The fraction of sp³-hybridized carbons (Fsp3) is 0.450. The highest BCUT2D eigenvalue weighted by molar-refractivity contribution is 5.18. The van der Waals surface area contributed by atoms with Gasteiger partial charge >= 0.3 is 0 Å². The molecule has 1 aromatic carbocycles. The van der Waals surface area contributed by atoms with Crippen LogP contribution in [0, 0.1) is 18.7 Å². The fourth-order valence-electron chi connectivity index (χ4n) is 3.54. The highest BCUT2D eigenvalue weighted by Crippen LogP contribution is 2.25. The summed E-state index contributed by atoms with van der Waals surface area (Å²) in [4.78, 5) is 6.90. The number of piperidine rings is 1. The molecular weight excluding hydrogens is 303 g/mol. The second kappa shape index (κ2) is 7.86. The Morgan fingerprint density at radius 2 is 2.17 bits per heavy atom. The molecule has 0 unspecified atom stereocenters. The number of rotatable bonds is 5. The van der Waals surface area contributed by atoms with Crippen molar-refractivity contribution in [3.63, 3.8) is 0 Å². The Kier molecular flexibility index (Phi) is 5.59. The zero-order chi connectivity index (χ0) is 16.9. The van der Waals surface area contributed by atoms with E-state index in [2.05, 4.69) is 22.9 Å². The van der Waals surface area contributed by atoms with Gasteiger partial charge < -0.3 is 4.74 Å². The van der Waals surface area contributed by atoms with Crippen molar-refractivity contribution in [2.45, 2.75) is 32.4 Å². The summed E-state index contributed by atoms with van der Waals surface area (Å²) in [5, 5.41) is 0. The van der Waals surface area contributed by atoms with E-state index in [0.717, 1.165) is 43.7 Å². The Labute approximate surface area is 143 Å². The molecule has 24 heavy (non-hydrogen) atoms. The number of ether oxygens (including phenoxy) is 1. The predicted molar refractivity (Wildman–Crippen MR) is 93.3 cm³/mol. The van der Waals surface area contributed by atoms with E-state index in [4.69, 9.17) is 4.74 Å². The maximum Gasteiger partial charge on any atom is 0.123 e. The van der Waals surface area contributed by atoms with Crippen LogP contribution in [0.15, 0.2) is 42.6 Å². The molecule has 1 aliphatic rings. The van der Waals surface area contributed by atoms with Crippen molar-refractivity contribution < 1.29 is 9.13 Å². The van der Waals surface area contributed by atoms with Crippen molar-refractivity contribution in [3.05, 3.63) is 65.2 Å². The number of aromatic nitrogens is 1. The number of halogens is 1. The van der Waals surface area contributed by atoms with Crippen LogP contribution in [0.2, 0.25) is 0 Å². The molecular formula is C20H25FN2O. The standard InChI is InChI=1S/C20H25FN2O/c1-15-5-4-9-22-19(15)13-23-10-8-17(20(14-23)24-2)11-16-6-3-7-18(21)12-16/h3-7,9,12,17,20H,8,10-11,13-14H2,1-2H3/t17-,20+/m1/s1. The second-order valence-electron chi connectivity index (χ2n) is 6.66. The Bertz CT molecular complexity index is 676. The molecule has 0 saturated carbocycles. The Balaban J connectivity index is 1.62. The van der Waals surface area contributed by atoms with E-state index in [1.807, 2.05) is 18.3 Å². The Morgan fingerprint density at radius 1 is 1.29 bits per heavy atom. The van der Waals surface area contributed by atoms with E-state index >= 15 is 0 Å². The lowest BCUT2D eigenvalue weighted by Crippen LogP contribution is -2.45. The van der Waals surface area contributed by atoms with Crippen LogP contribution in [0.1, 0.15) is 23.2 Å².